The number of benzene rings is 2. The van der Waals surface area contributed by atoms with Gasteiger partial charge < -0.3 is 15.0 Å². The highest BCUT2D eigenvalue weighted by Gasteiger charge is 2.15. The Hall–Kier alpha value is -2.40. The minimum atomic E-state index is -0.656. The third kappa shape index (κ3) is 3.98. The van der Waals surface area contributed by atoms with Gasteiger partial charge in [-0.1, -0.05) is 12.1 Å². The van der Waals surface area contributed by atoms with Gasteiger partial charge in [-0.15, -0.1) is 0 Å². The first kappa shape index (κ1) is 18.0. The molecule has 3 nitrogen and oxygen atoms in total. The van der Waals surface area contributed by atoms with Crippen LogP contribution in [0.25, 0.3) is 10.9 Å². The van der Waals surface area contributed by atoms with Gasteiger partial charge in [-0.3, -0.25) is 0 Å². The van der Waals surface area contributed by atoms with Crippen LogP contribution < -0.4 is 10.1 Å². The summed E-state index contributed by atoms with van der Waals surface area (Å²) in [4.78, 5) is 3.61. The topological polar surface area (TPSA) is 37.0 Å². The van der Waals surface area contributed by atoms with Gasteiger partial charge in [0.15, 0.2) is 11.6 Å². The van der Waals surface area contributed by atoms with Gasteiger partial charge in [0, 0.05) is 22.7 Å². The van der Waals surface area contributed by atoms with Crippen molar-refractivity contribution in [2.24, 2.45) is 0 Å². The summed E-state index contributed by atoms with van der Waals surface area (Å²) in [5, 5.41) is 4.82. The van der Waals surface area contributed by atoms with Gasteiger partial charge in [-0.05, 0) is 74.5 Å². The van der Waals surface area contributed by atoms with E-state index in [1.54, 1.807) is 0 Å². The molecule has 1 aliphatic rings. The summed E-state index contributed by atoms with van der Waals surface area (Å²) in [5.41, 5.74) is 5.29. The summed E-state index contributed by atoms with van der Waals surface area (Å²) >= 11 is 0. The molecule has 1 aliphatic heterocycles. The van der Waals surface area contributed by atoms with E-state index in [1.165, 1.54) is 39.9 Å². The molecule has 0 unspecified atom stereocenters. The molecule has 142 valence electrons. The summed E-state index contributed by atoms with van der Waals surface area (Å²) < 4.78 is 32.1. The Morgan fingerprint density at radius 1 is 1.04 bits per heavy atom. The van der Waals surface area contributed by atoms with Crippen LogP contribution in [0.3, 0.4) is 0 Å². The van der Waals surface area contributed by atoms with Crippen LogP contribution in [-0.4, -0.2) is 24.7 Å². The maximum absolute atomic E-state index is 13.7. The Kier molecular flexibility index (Phi) is 5.39. The van der Waals surface area contributed by atoms with Gasteiger partial charge in [0.25, 0.3) is 0 Å². The second-order valence-electron chi connectivity index (χ2n) is 7.05. The molecule has 2 N–H and O–H groups in total. The van der Waals surface area contributed by atoms with E-state index in [4.69, 9.17) is 4.74 Å². The lowest BCUT2D eigenvalue weighted by molar-refractivity contribution is 0.295. The molecule has 0 atom stereocenters. The first-order valence-electron chi connectivity index (χ1n) is 9.62. The van der Waals surface area contributed by atoms with Crippen molar-refractivity contribution >= 4 is 10.9 Å². The molecular weight excluding hydrogens is 346 g/mol. The fourth-order valence-electron chi connectivity index (χ4n) is 3.91. The van der Waals surface area contributed by atoms with Crippen molar-refractivity contribution in [3.05, 3.63) is 64.9 Å². The van der Waals surface area contributed by atoms with Crippen LogP contribution in [0, 0.1) is 11.6 Å². The molecular formula is C22H24F2N2O. The predicted octanol–water partition coefficient (Wildman–Crippen LogP) is 4.54. The number of aryl methyl sites for hydroxylation is 2. The summed E-state index contributed by atoms with van der Waals surface area (Å²) in [6.45, 7) is 2.47. The lowest BCUT2D eigenvalue weighted by Gasteiger charge is -2.12. The van der Waals surface area contributed by atoms with Crippen molar-refractivity contribution in [1.82, 2.24) is 10.3 Å². The lowest BCUT2D eigenvalue weighted by Crippen LogP contribution is -2.21. The summed E-state index contributed by atoms with van der Waals surface area (Å²) in [6, 6.07) is 9.79. The van der Waals surface area contributed by atoms with Crippen LogP contribution in [0.4, 0.5) is 8.78 Å². The van der Waals surface area contributed by atoms with Gasteiger partial charge in [-0.25, -0.2) is 8.78 Å². The highest BCUT2D eigenvalue weighted by atomic mass is 19.1. The van der Waals surface area contributed by atoms with E-state index >= 15 is 0 Å². The Morgan fingerprint density at radius 2 is 1.96 bits per heavy atom. The van der Waals surface area contributed by atoms with Crippen molar-refractivity contribution in [3.63, 3.8) is 0 Å². The van der Waals surface area contributed by atoms with Crippen LogP contribution >= 0.6 is 0 Å². The van der Waals surface area contributed by atoms with Crippen LogP contribution in [0.1, 0.15) is 29.7 Å². The monoisotopic (exact) mass is 370 g/mol. The third-order valence-electron chi connectivity index (χ3n) is 5.18. The minimum absolute atomic E-state index is 0.104. The Labute approximate surface area is 157 Å². The molecule has 5 heteroatoms. The zero-order valence-corrected chi connectivity index (χ0v) is 15.3. The second kappa shape index (κ2) is 8.09. The number of fused-ring (bicyclic) bond motifs is 3. The van der Waals surface area contributed by atoms with Gasteiger partial charge in [-0.2, -0.15) is 0 Å². The number of H-pyrrole nitrogens is 1. The number of hydrogen-bond donors (Lipinski definition) is 2. The number of halogens is 2. The molecule has 0 radical (unpaired) electrons. The van der Waals surface area contributed by atoms with Gasteiger partial charge in [0.1, 0.15) is 5.82 Å². The van der Waals surface area contributed by atoms with Crippen molar-refractivity contribution in [1.29, 1.82) is 0 Å². The van der Waals surface area contributed by atoms with E-state index < -0.39 is 11.6 Å². The molecule has 2 aromatic carbocycles. The smallest absolute Gasteiger partial charge is 0.167 e. The molecule has 4 rings (SSSR count). The zero-order chi connectivity index (χ0) is 18.6. The third-order valence-corrected chi connectivity index (χ3v) is 5.18. The SMILES string of the molecule is Fc1ccc(OCCCc2cccc3[nH]c4c(c23)CCNCCC4)c(F)c1. The first-order valence-corrected chi connectivity index (χ1v) is 9.62. The molecule has 0 aliphatic carbocycles. The van der Waals surface area contributed by atoms with Gasteiger partial charge in [0.05, 0.1) is 6.61 Å². The number of ether oxygens (including phenoxy) is 1. The predicted molar refractivity (Wildman–Crippen MR) is 103 cm³/mol. The second-order valence-corrected chi connectivity index (χ2v) is 7.05. The molecule has 3 aromatic rings. The van der Waals surface area contributed by atoms with Gasteiger partial charge >= 0.3 is 0 Å². The molecule has 0 amide bonds. The quantitative estimate of drug-likeness (QED) is 0.647. The molecule has 2 heterocycles. The van der Waals surface area contributed by atoms with Crippen molar-refractivity contribution < 1.29 is 13.5 Å². The molecule has 0 saturated heterocycles. The number of hydrogen-bond acceptors (Lipinski definition) is 2. The van der Waals surface area contributed by atoms with Crippen LogP contribution in [-0.2, 0) is 19.3 Å². The maximum atomic E-state index is 13.7. The largest absolute Gasteiger partial charge is 0.491 e. The lowest BCUT2D eigenvalue weighted by atomic mass is 9.97. The van der Waals surface area contributed by atoms with E-state index in [0.29, 0.717) is 6.61 Å². The fourth-order valence-corrected chi connectivity index (χ4v) is 3.91. The van der Waals surface area contributed by atoms with Crippen LogP contribution in [0.5, 0.6) is 5.75 Å². The highest BCUT2D eigenvalue weighted by molar-refractivity contribution is 5.88. The average molecular weight is 370 g/mol. The van der Waals surface area contributed by atoms with Crippen molar-refractivity contribution in [2.45, 2.75) is 32.1 Å². The molecule has 1 aromatic heterocycles. The first-order chi connectivity index (χ1) is 13.2. The van der Waals surface area contributed by atoms with E-state index in [9.17, 15) is 8.78 Å². The normalized spacial score (nSPS) is 14.6. The summed E-state index contributed by atoms with van der Waals surface area (Å²) in [6.07, 6.45) is 4.88. The highest BCUT2D eigenvalue weighted by Crippen LogP contribution is 2.29. The van der Waals surface area contributed by atoms with Crippen LogP contribution in [0.15, 0.2) is 36.4 Å². The molecule has 0 spiro atoms. The molecule has 0 saturated carbocycles. The Morgan fingerprint density at radius 3 is 2.85 bits per heavy atom. The van der Waals surface area contributed by atoms with Crippen molar-refractivity contribution in [2.75, 3.05) is 19.7 Å². The number of aromatic amines is 1. The minimum Gasteiger partial charge on any atom is -0.491 e. The summed E-state index contributed by atoms with van der Waals surface area (Å²) in [7, 11) is 0. The number of aromatic nitrogens is 1. The Bertz CT molecular complexity index is 935. The van der Waals surface area contributed by atoms with Gasteiger partial charge in [0.2, 0.25) is 0 Å². The van der Waals surface area contributed by atoms with E-state index in [1.807, 2.05) is 0 Å². The van der Waals surface area contributed by atoms with E-state index in [2.05, 4.69) is 28.5 Å². The number of rotatable bonds is 5. The van der Waals surface area contributed by atoms with E-state index in [-0.39, 0.29) is 5.75 Å². The standard InChI is InChI=1S/C22H24F2N2O/c23-16-8-9-21(18(24)14-16)27-13-3-5-15-4-1-6-20-22(15)17-10-12-25-11-2-7-19(17)26-20/h1,4,6,8-9,14,25-26H,2-3,5,7,10-13H2. The molecule has 0 fully saturated rings. The Balaban J connectivity index is 1.47. The van der Waals surface area contributed by atoms with Crippen LogP contribution in [0.2, 0.25) is 0 Å². The van der Waals surface area contributed by atoms with Crippen molar-refractivity contribution in [3.8, 4) is 5.75 Å². The average Bonchev–Trinajstić information content (AvgIpc) is 2.97. The maximum Gasteiger partial charge on any atom is 0.167 e. The zero-order valence-electron chi connectivity index (χ0n) is 15.3. The molecule has 27 heavy (non-hydrogen) atoms. The molecule has 0 bridgehead atoms. The number of nitrogens with one attached hydrogen (secondary N) is 2. The summed E-state index contributed by atoms with van der Waals surface area (Å²) in [5.74, 6) is -1.14. The fraction of sp³-hybridized carbons (Fsp3) is 0.364. The van der Waals surface area contributed by atoms with E-state index in [0.717, 1.165) is 51.3 Å².